The average molecular weight is 472 g/mol. The van der Waals surface area contributed by atoms with E-state index in [2.05, 4.69) is 53.1 Å². The van der Waals surface area contributed by atoms with Gasteiger partial charge in [-0.2, -0.15) is 0 Å². The summed E-state index contributed by atoms with van der Waals surface area (Å²) < 4.78 is 6.08. The van der Waals surface area contributed by atoms with Crippen LogP contribution in [0.3, 0.4) is 0 Å². The van der Waals surface area contributed by atoms with Crippen molar-refractivity contribution in [2.75, 3.05) is 17.8 Å². The van der Waals surface area contributed by atoms with Gasteiger partial charge in [0.25, 0.3) is 0 Å². The SMILES string of the molecule is COC(=O)c1cc(Br)cc(Br)c1NC(=O)CCCCBr. The molecule has 0 heterocycles. The molecule has 0 spiro atoms. The third-order valence-electron chi connectivity index (χ3n) is 2.51. The van der Waals surface area contributed by atoms with Crippen molar-refractivity contribution >= 4 is 65.4 Å². The molecule has 4 nitrogen and oxygen atoms in total. The van der Waals surface area contributed by atoms with Crippen LogP contribution >= 0.6 is 47.8 Å². The largest absolute Gasteiger partial charge is 0.465 e. The summed E-state index contributed by atoms with van der Waals surface area (Å²) in [5, 5.41) is 3.63. The lowest BCUT2D eigenvalue weighted by Gasteiger charge is -2.12. The zero-order chi connectivity index (χ0) is 15.1. The molecule has 1 amide bonds. The first kappa shape index (κ1) is 17.7. The lowest BCUT2D eigenvalue weighted by molar-refractivity contribution is -0.116. The van der Waals surface area contributed by atoms with Gasteiger partial charge in [-0.15, -0.1) is 0 Å². The number of benzene rings is 1. The number of carbonyl (C=O) groups excluding carboxylic acids is 2. The number of amides is 1. The molecule has 0 saturated heterocycles. The standard InChI is InChI=1S/C13H14Br3NO3/c1-20-13(19)9-6-8(15)7-10(16)12(9)17-11(18)4-2-3-5-14/h6-7H,2-5H2,1H3,(H,17,18). The van der Waals surface area contributed by atoms with Gasteiger partial charge in [0, 0.05) is 20.7 Å². The highest BCUT2D eigenvalue weighted by molar-refractivity contribution is 9.11. The van der Waals surface area contributed by atoms with Crippen LogP contribution < -0.4 is 5.32 Å². The van der Waals surface area contributed by atoms with E-state index in [-0.39, 0.29) is 5.91 Å². The van der Waals surface area contributed by atoms with Crippen molar-refractivity contribution < 1.29 is 14.3 Å². The van der Waals surface area contributed by atoms with E-state index in [9.17, 15) is 9.59 Å². The number of carbonyl (C=O) groups is 2. The number of hydrogen-bond acceptors (Lipinski definition) is 3. The molecule has 1 aromatic rings. The Morgan fingerprint density at radius 3 is 2.55 bits per heavy atom. The van der Waals surface area contributed by atoms with Gasteiger partial charge in [0.15, 0.2) is 0 Å². The summed E-state index contributed by atoms with van der Waals surface area (Å²) in [6.07, 6.45) is 2.13. The van der Waals surface area contributed by atoms with Gasteiger partial charge < -0.3 is 10.1 Å². The number of hydrogen-bond donors (Lipinski definition) is 1. The predicted molar refractivity (Wildman–Crippen MR) is 89.5 cm³/mol. The van der Waals surface area contributed by atoms with Gasteiger partial charge in [0.2, 0.25) is 5.91 Å². The number of halogens is 3. The first-order valence-electron chi connectivity index (χ1n) is 5.92. The number of methoxy groups -OCH3 is 1. The molecule has 0 bridgehead atoms. The summed E-state index contributed by atoms with van der Waals surface area (Å²) in [5.41, 5.74) is 0.742. The molecule has 20 heavy (non-hydrogen) atoms. The molecule has 0 aliphatic heterocycles. The Labute approximate surface area is 143 Å². The highest BCUT2D eigenvalue weighted by Gasteiger charge is 2.17. The van der Waals surface area contributed by atoms with Crippen molar-refractivity contribution in [3.05, 3.63) is 26.6 Å². The van der Waals surface area contributed by atoms with Crippen molar-refractivity contribution in [1.29, 1.82) is 0 Å². The Bertz CT molecular complexity index is 506. The predicted octanol–water partition coefficient (Wildman–Crippen LogP) is 4.50. The number of ether oxygens (including phenoxy) is 1. The second kappa shape index (κ2) is 8.79. The molecule has 1 rings (SSSR count). The van der Waals surface area contributed by atoms with Gasteiger partial charge in [-0.1, -0.05) is 31.9 Å². The lowest BCUT2D eigenvalue weighted by atomic mass is 10.1. The Hall–Kier alpha value is -0.400. The third-order valence-corrected chi connectivity index (χ3v) is 4.16. The van der Waals surface area contributed by atoms with Crippen molar-refractivity contribution in [3.63, 3.8) is 0 Å². The lowest BCUT2D eigenvalue weighted by Crippen LogP contribution is -2.15. The van der Waals surface area contributed by atoms with Crippen LogP contribution in [0.15, 0.2) is 21.1 Å². The van der Waals surface area contributed by atoms with Crippen LogP contribution in [0.2, 0.25) is 0 Å². The molecule has 0 unspecified atom stereocenters. The molecular weight excluding hydrogens is 458 g/mol. The molecule has 0 aromatic heterocycles. The van der Waals surface area contributed by atoms with Crippen LogP contribution in [0.25, 0.3) is 0 Å². The number of esters is 1. The highest BCUT2D eigenvalue weighted by Crippen LogP contribution is 2.31. The van der Waals surface area contributed by atoms with E-state index >= 15 is 0 Å². The van der Waals surface area contributed by atoms with Gasteiger partial charge in [0.05, 0.1) is 18.4 Å². The molecule has 0 saturated carbocycles. The average Bonchev–Trinajstić information content (AvgIpc) is 2.41. The minimum Gasteiger partial charge on any atom is -0.465 e. The number of alkyl halides is 1. The fraction of sp³-hybridized carbons (Fsp3) is 0.385. The Morgan fingerprint density at radius 2 is 1.95 bits per heavy atom. The van der Waals surface area contributed by atoms with Crippen LogP contribution in [0.5, 0.6) is 0 Å². The maximum Gasteiger partial charge on any atom is 0.340 e. The fourth-order valence-corrected chi connectivity index (χ4v) is 3.27. The van der Waals surface area contributed by atoms with Crippen molar-refractivity contribution in [2.45, 2.75) is 19.3 Å². The summed E-state index contributed by atoms with van der Waals surface area (Å²) in [4.78, 5) is 23.6. The Morgan fingerprint density at radius 1 is 1.25 bits per heavy atom. The second-order valence-corrected chi connectivity index (χ2v) is 6.56. The maximum absolute atomic E-state index is 11.9. The van der Waals surface area contributed by atoms with E-state index in [1.165, 1.54) is 7.11 Å². The van der Waals surface area contributed by atoms with Gasteiger partial charge in [-0.3, -0.25) is 4.79 Å². The van der Waals surface area contributed by atoms with Crippen LogP contribution in [-0.4, -0.2) is 24.3 Å². The number of anilines is 1. The summed E-state index contributed by atoms with van der Waals surface area (Å²) in [6.45, 7) is 0. The van der Waals surface area contributed by atoms with Crippen LogP contribution in [0, 0.1) is 0 Å². The molecular formula is C13H14Br3NO3. The van der Waals surface area contributed by atoms with Gasteiger partial charge in [-0.25, -0.2) is 4.79 Å². The molecule has 0 radical (unpaired) electrons. The van der Waals surface area contributed by atoms with E-state index in [1.807, 2.05) is 0 Å². The van der Waals surface area contributed by atoms with Crippen LogP contribution in [0.4, 0.5) is 5.69 Å². The van der Waals surface area contributed by atoms with Crippen molar-refractivity contribution in [2.24, 2.45) is 0 Å². The van der Waals surface area contributed by atoms with Gasteiger partial charge in [0.1, 0.15) is 0 Å². The van der Waals surface area contributed by atoms with E-state index in [0.717, 1.165) is 22.6 Å². The molecule has 0 aliphatic rings. The Kier molecular flexibility index (Phi) is 7.76. The minimum absolute atomic E-state index is 0.126. The normalized spacial score (nSPS) is 10.2. The molecule has 0 fully saturated rings. The van der Waals surface area contributed by atoms with E-state index in [4.69, 9.17) is 4.74 Å². The fourth-order valence-electron chi connectivity index (χ4n) is 1.55. The van der Waals surface area contributed by atoms with Crippen LogP contribution in [0.1, 0.15) is 29.6 Å². The van der Waals surface area contributed by atoms with Gasteiger partial charge in [-0.05, 0) is 40.9 Å². The topological polar surface area (TPSA) is 55.4 Å². The maximum atomic E-state index is 11.9. The minimum atomic E-state index is -0.497. The molecule has 7 heteroatoms. The van der Waals surface area contributed by atoms with Crippen LogP contribution in [-0.2, 0) is 9.53 Å². The summed E-state index contributed by atoms with van der Waals surface area (Å²) >= 11 is 9.97. The van der Waals surface area contributed by atoms with Crippen molar-refractivity contribution in [3.8, 4) is 0 Å². The molecule has 1 aromatic carbocycles. The Balaban J connectivity index is 2.93. The third kappa shape index (κ3) is 5.18. The first-order chi connectivity index (χ1) is 9.49. The molecule has 0 aliphatic carbocycles. The monoisotopic (exact) mass is 469 g/mol. The van der Waals surface area contributed by atoms with E-state index < -0.39 is 5.97 Å². The molecule has 0 atom stereocenters. The number of unbranched alkanes of at least 4 members (excludes halogenated alkanes) is 1. The van der Waals surface area contributed by atoms with E-state index in [0.29, 0.717) is 22.1 Å². The quantitative estimate of drug-likeness (QED) is 0.377. The molecule has 110 valence electrons. The van der Waals surface area contributed by atoms with E-state index in [1.54, 1.807) is 12.1 Å². The zero-order valence-corrected chi connectivity index (χ0v) is 15.6. The molecule has 1 N–H and O–H groups in total. The first-order valence-corrected chi connectivity index (χ1v) is 8.63. The number of nitrogens with one attached hydrogen (secondary N) is 1. The highest BCUT2D eigenvalue weighted by atomic mass is 79.9. The number of rotatable bonds is 6. The summed E-state index contributed by atoms with van der Waals surface area (Å²) in [5.74, 6) is -0.623. The smallest absolute Gasteiger partial charge is 0.340 e. The summed E-state index contributed by atoms with van der Waals surface area (Å²) in [7, 11) is 1.30. The zero-order valence-electron chi connectivity index (χ0n) is 10.8. The van der Waals surface area contributed by atoms with Crippen molar-refractivity contribution in [1.82, 2.24) is 0 Å². The van der Waals surface area contributed by atoms with Gasteiger partial charge >= 0.3 is 5.97 Å². The second-order valence-electron chi connectivity index (χ2n) is 4.00. The summed E-state index contributed by atoms with van der Waals surface area (Å²) in [6, 6.07) is 3.38.